The summed E-state index contributed by atoms with van der Waals surface area (Å²) in [7, 11) is 0. The smallest absolute Gasteiger partial charge is 0.331 e. The summed E-state index contributed by atoms with van der Waals surface area (Å²) in [5.41, 5.74) is 0. The number of hydrogen-bond acceptors (Lipinski definition) is 2. The van der Waals surface area contributed by atoms with E-state index in [1.54, 1.807) is 0 Å². The lowest BCUT2D eigenvalue weighted by atomic mass is 10.3. The second-order valence-corrected chi connectivity index (χ2v) is 7.88. The van der Waals surface area contributed by atoms with Crippen molar-refractivity contribution in [1.29, 1.82) is 0 Å². The van der Waals surface area contributed by atoms with E-state index in [-0.39, 0.29) is 3.74 Å². The Labute approximate surface area is 137 Å². The van der Waals surface area contributed by atoms with E-state index >= 15 is 0 Å². The summed E-state index contributed by atoms with van der Waals surface area (Å²) in [5, 5.41) is 0. The maximum atomic E-state index is 5.87. The van der Waals surface area contributed by atoms with Crippen molar-refractivity contribution in [2.45, 2.75) is 8.43 Å². The zero-order valence-corrected chi connectivity index (χ0v) is 14.6. The number of benzene rings is 2. The van der Waals surface area contributed by atoms with Gasteiger partial charge in [0.25, 0.3) is 0 Å². The quantitative estimate of drug-likeness (QED) is 0.454. The first kappa shape index (κ1) is 14.9. The van der Waals surface area contributed by atoms with Gasteiger partial charge in [0.1, 0.15) is 11.5 Å². The molecule has 5 heteroatoms. The average molecular weight is 451 g/mol. The third kappa shape index (κ3) is 4.23. The van der Waals surface area contributed by atoms with Gasteiger partial charge in [0.2, 0.25) is 0 Å². The molecule has 2 aromatic carbocycles. The molecule has 0 saturated heterocycles. The molecule has 0 heterocycles. The lowest BCUT2D eigenvalue weighted by molar-refractivity contribution is -0.00556. The van der Waals surface area contributed by atoms with Crippen LogP contribution in [0.15, 0.2) is 60.7 Å². The second kappa shape index (κ2) is 6.77. The SMILES string of the molecule is BrC(Br)C(Br)(Oc1ccccc1)Oc1ccccc1. The highest BCUT2D eigenvalue weighted by molar-refractivity contribution is 9.25. The molecule has 0 saturated carbocycles. The van der Waals surface area contributed by atoms with E-state index in [2.05, 4.69) is 47.8 Å². The first-order valence-corrected chi connectivity index (χ1v) is 8.18. The molecule has 0 radical (unpaired) electrons. The maximum absolute atomic E-state index is 5.87. The van der Waals surface area contributed by atoms with Gasteiger partial charge in [0.05, 0.1) is 0 Å². The molecular formula is C14H11Br3O2. The summed E-state index contributed by atoms with van der Waals surface area (Å²) in [4.78, 5) is 0. The number of rotatable bonds is 5. The molecule has 0 amide bonds. The normalized spacial score (nSPS) is 11.4. The molecule has 0 atom stereocenters. The summed E-state index contributed by atoms with van der Waals surface area (Å²) in [5.74, 6) is 1.42. The molecule has 100 valence electrons. The van der Waals surface area contributed by atoms with Crippen LogP contribution in [0.4, 0.5) is 0 Å². The average Bonchev–Trinajstić information content (AvgIpc) is 2.40. The predicted octanol–water partition coefficient (Wildman–Crippen LogP) is 5.31. The molecular weight excluding hydrogens is 440 g/mol. The summed E-state index contributed by atoms with van der Waals surface area (Å²) in [6.45, 7) is 0. The number of alkyl halides is 3. The number of hydrogen-bond donors (Lipinski definition) is 0. The molecule has 0 aliphatic carbocycles. The maximum Gasteiger partial charge on any atom is 0.331 e. The van der Waals surface area contributed by atoms with E-state index in [1.165, 1.54) is 0 Å². The minimum atomic E-state index is -1.05. The molecule has 0 aliphatic heterocycles. The minimum absolute atomic E-state index is 0.243. The fourth-order valence-electron chi connectivity index (χ4n) is 1.41. The Morgan fingerprint density at radius 2 is 1.11 bits per heavy atom. The first-order chi connectivity index (χ1) is 9.10. The predicted molar refractivity (Wildman–Crippen MR) is 87.4 cm³/mol. The lowest BCUT2D eigenvalue weighted by Gasteiger charge is -2.30. The molecule has 2 nitrogen and oxygen atoms in total. The summed E-state index contributed by atoms with van der Waals surface area (Å²) in [6, 6.07) is 19.0. The lowest BCUT2D eigenvalue weighted by Crippen LogP contribution is -2.41. The van der Waals surface area contributed by atoms with E-state index in [9.17, 15) is 0 Å². The summed E-state index contributed by atoms with van der Waals surface area (Å²) in [6.07, 6.45) is 0. The van der Waals surface area contributed by atoms with Crippen LogP contribution in [-0.4, -0.2) is 8.43 Å². The van der Waals surface area contributed by atoms with Gasteiger partial charge in [0.15, 0.2) is 3.74 Å². The number of halogens is 3. The monoisotopic (exact) mass is 448 g/mol. The number of para-hydroxylation sites is 2. The summed E-state index contributed by atoms with van der Waals surface area (Å²) < 4.78 is 10.4. The molecule has 0 unspecified atom stereocenters. The van der Waals surface area contributed by atoms with Crippen molar-refractivity contribution in [3.63, 3.8) is 0 Å². The highest BCUT2D eigenvalue weighted by Crippen LogP contribution is 2.37. The van der Waals surface area contributed by atoms with Crippen LogP contribution < -0.4 is 9.47 Å². The van der Waals surface area contributed by atoms with Gasteiger partial charge in [-0.15, -0.1) is 0 Å². The third-order valence-corrected chi connectivity index (χ3v) is 5.48. The van der Waals surface area contributed by atoms with Gasteiger partial charge in [-0.1, -0.05) is 68.3 Å². The molecule has 0 spiro atoms. The molecule has 0 bridgehead atoms. The van der Waals surface area contributed by atoms with Crippen LogP contribution in [-0.2, 0) is 0 Å². The fourth-order valence-corrected chi connectivity index (χ4v) is 2.16. The zero-order chi connectivity index (χ0) is 13.7. The van der Waals surface area contributed by atoms with Crippen LogP contribution in [0.5, 0.6) is 11.5 Å². The topological polar surface area (TPSA) is 18.5 Å². The van der Waals surface area contributed by atoms with E-state index < -0.39 is 4.70 Å². The van der Waals surface area contributed by atoms with E-state index in [1.807, 2.05) is 60.7 Å². The molecule has 2 rings (SSSR count). The molecule has 2 aromatic rings. The third-order valence-electron chi connectivity index (χ3n) is 2.26. The van der Waals surface area contributed by atoms with Gasteiger partial charge in [-0.2, -0.15) is 0 Å². The highest BCUT2D eigenvalue weighted by atomic mass is 79.9. The van der Waals surface area contributed by atoms with Crippen molar-refractivity contribution in [3.05, 3.63) is 60.7 Å². The van der Waals surface area contributed by atoms with Gasteiger partial charge < -0.3 is 9.47 Å². The van der Waals surface area contributed by atoms with Crippen molar-refractivity contribution in [3.8, 4) is 11.5 Å². The zero-order valence-electron chi connectivity index (χ0n) is 9.80. The van der Waals surface area contributed by atoms with Crippen molar-refractivity contribution >= 4 is 47.8 Å². The first-order valence-electron chi connectivity index (χ1n) is 5.55. The Bertz CT molecular complexity index is 461. The van der Waals surface area contributed by atoms with Crippen LogP contribution in [0.3, 0.4) is 0 Å². The fraction of sp³-hybridized carbons (Fsp3) is 0.143. The molecule has 19 heavy (non-hydrogen) atoms. The van der Waals surface area contributed by atoms with Crippen molar-refractivity contribution in [2.75, 3.05) is 0 Å². The Morgan fingerprint density at radius 1 is 0.737 bits per heavy atom. The molecule has 0 fully saturated rings. The van der Waals surface area contributed by atoms with Gasteiger partial charge in [-0.3, -0.25) is 0 Å². The van der Waals surface area contributed by atoms with Crippen LogP contribution in [0, 0.1) is 0 Å². The largest absolute Gasteiger partial charge is 0.442 e. The highest BCUT2D eigenvalue weighted by Gasteiger charge is 2.38. The molecule has 0 aliphatic rings. The van der Waals surface area contributed by atoms with Gasteiger partial charge in [-0.05, 0) is 24.3 Å². The Hall–Kier alpha value is -0.520. The van der Waals surface area contributed by atoms with E-state index in [4.69, 9.17) is 9.47 Å². The van der Waals surface area contributed by atoms with Crippen molar-refractivity contribution in [1.82, 2.24) is 0 Å². The van der Waals surface area contributed by atoms with Crippen LogP contribution in [0.2, 0.25) is 0 Å². The Balaban J connectivity index is 2.18. The van der Waals surface area contributed by atoms with Crippen LogP contribution >= 0.6 is 47.8 Å². The molecule has 0 N–H and O–H groups in total. The van der Waals surface area contributed by atoms with E-state index in [0.717, 1.165) is 0 Å². The Kier molecular flexibility index (Phi) is 5.30. The Morgan fingerprint density at radius 3 is 1.42 bits per heavy atom. The minimum Gasteiger partial charge on any atom is -0.442 e. The van der Waals surface area contributed by atoms with Crippen molar-refractivity contribution < 1.29 is 9.47 Å². The van der Waals surface area contributed by atoms with Gasteiger partial charge in [-0.25, -0.2) is 0 Å². The summed E-state index contributed by atoms with van der Waals surface area (Å²) >= 11 is 10.3. The van der Waals surface area contributed by atoms with Gasteiger partial charge >= 0.3 is 4.70 Å². The number of ether oxygens (including phenoxy) is 2. The van der Waals surface area contributed by atoms with E-state index in [0.29, 0.717) is 11.5 Å². The van der Waals surface area contributed by atoms with Crippen molar-refractivity contribution in [2.24, 2.45) is 0 Å². The van der Waals surface area contributed by atoms with Crippen LogP contribution in [0.25, 0.3) is 0 Å². The standard InChI is InChI=1S/C14H11Br3O2/c15-13(16)14(17,18-11-7-3-1-4-8-11)19-12-9-5-2-6-10-12/h1-10,13H. The second-order valence-electron chi connectivity index (χ2n) is 3.71. The molecule has 0 aromatic heterocycles. The van der Waals surface area contributed by atoms with Gasteiger partial charge in [0, 0.05) is 15.9 Å². The van der Waals surface area contributed by atoms with Crippen LogP contribution in [0.1, 0.15) is 0 Å².